The smallest absolute Gasteiger partial charge is 0.155 e. The molecule has 2 aromatic heterocycles. The van der Waals surface area contributed by atoms with Gasteiger partial charge < -0.3 is 14.5 Å². The Kier molecular flexibility index (Phi) is 11.0. The number of aliphatic hydroxyl groups is 1. The van der Waals surface area contributed by atoms with Crippen LogP contribution in [0.5, 0.6) is 0 Å². The van der Waals surface area contributed by atoms with E-state index in [0.717, 1.165) is 33.6 Å². The quantitative estimate of drug-likeness (QED) is 0.108. The number of furan rings is 1. The second-order valence-electron chi connectivity index (χ2n) is 10.6. The van der Waals surface area contributed by atoms with Crippen molar-refractivity contribution in [3.8, 4) is 33.7 Å². The first-order valence-corrected chi connectivity index (χ1v) is 13.6. The molecule has 0 saturated carbocycles. The molecule has 0 unspecified atom stereocenters. The van der Waals surface area contributed by atoms with Crippen LogP contribution in [-0.4, -0.2) is 15.9 Å². The fourth-order valence-electron chi connectivity index (χ4n) is 4.77. The largest absolute Gasteiger partial charge is 0.512 e. The number of hydrogen-bond donors (Lipinski definition) is 1. The first kappa shape index (κ1) is 31.7. The summed E-state index contributed by atoms with van der Waals surface area (Å²) in [6.07, 6.45) is 3.00. The Morgan fingerprint density at radius 3 is 2.10 bits per heavy atom. The Morgan fingerprint density at radius 2 is 1.54 bits per heavy atom. The van der Waals surface area contributed by atoms with Crippen LogP contribution in [0.15, 0.2) is 101 Å². The van der Waals surface area contributed by atoms with Crippen molar-refractivity contribution in [1.82, 2.24) is 4.98 Å². The summed E-state index contributed by atoms with van der Waals surface area (Å²) in [4.78, 5) is 14.7. The fourth-order valence-corrected chi connectivity index (χ4v) is 4.77. The number of carbonyl (C=O) groups is 1. The number of pyridine rings is 1. The van der Waals surface area contributed by atoms with E-state index in [9.17, 15) is 4.79 Å². The molecular weight excluding hydrogens is 687 g/mol. The zero-order valence-corrected chi connectivity index (χ0v) is 26.8. The maximum Gasteiger partial charge on any atom is 0.155 e. The number of nitrogens with zero attached hydrogens (tertiary/aromatic N) is 1. The number of rotatable bonds is 6. The van der Waals surface area contributed by atoms with Crippen molar-refractivity contribution in [3.63, 3.8) is 0 Å². The average Bonchev–Trinajstić information content (AvgIpc) is 3.36. The van der Waals surface area contributed by atoms with Gasteiger partial charge in [-0.3, -0.25) is 4.79 Å². The second-order valence-corrected chi connectivity index (χ2v) is 10.6. The van der Waals surface area contributed by atoms with Gasteiger partial charge in [0.1, 0.15) is 5.76 Å². The second kappa shape index (κ2) is 14.2. The summed E-state index contributed by atoms with van der Waals surface area (Å²) in [5.41, 5.74) is 8.88. The van der Waals surface area contributed by atoms with E-state index in [1.54, 1.807) is 0 Å². The van der Waals surface area contributed by atoms with Gasteiger partial charge in [0, 0.05) is 37.1 Å². The zero-order valence-electron chi connectivity index (χ0n) is 24.4. The fraction of sp³-hybridized carbons (Fsp3) is 0.222. The van der Waals surface area contributed by atoms with Crippen LogP contribution >= 0.6 is 0 Å². The summed E-state index contributed by atoms with van der Waals surface area (Å²) in [6, 6.07) is 30.8. The Morgan fingerprint density at radius 1 is 0.878 bits per heavy atom. The molecular formula is C36H36IrNO3-. The van der Waals surface area contributed by atoms with Crippen LogP contribution in [0.2, 0.25) is 0 Å². The summed E-state index contributed by atoms with van der Waals surface area (Å²) < 4.78 is 6.35. The van der Waals surface area contributed by atoms with Gasteiger partial charge in [-0.1, -0.05) is 82.3 Å². The van der Waals surface area contributed by atoms with Gasteiger partial charge in [0.25, 0.3) is 0 Å². The maximum absolute atomic E-state index is 10.0. The van der Waals surface area contributed by atoms with Gasteiger partial charge in [-0.2, -0.15) is 0 Å². The summed E-state index contributed by atoms with van der Waals surface area (Å²) in [5, 5.41) is 9.42. The molecule has 213 valence electrons. The number of benzene rings is 3. The van der Waals surface area contributed by atoms with E-state index < -0.39 is 0 Å². The summed E-state index contributed by atoms with van der Waals surface area (Å²) >= 11 is 0. The van der Waals surface area contributed by atoms with Crippen molar-refractivity contribution < 1.29 is 34.4 Å². The molecule has 1 radical (unpaired) electrons. The van der Waals surface area contributed by atoms with Crippen LogP contribution in [0.25, 0.3) is 44.7 Å². The molecule has 0 amide bonds. The number of ketones is 1. The first-order valence-electron chi connectivity index (χ1n) is 13.6. The molecule has 5 rings (SSSR count). The number of hydrogen-bond acceptors (Lipinski definition) is 4. The van der Waals surface area contributed by atoms with Crippen LogP contribution in [0.1, 0.15) is 64.5 Å². The molecule has 0 saturated heterocycles. The molecule has 41 heavy (non-hydrogen) atoms. The number of aromatic nitrogens is 1. The third kappa shape index (κ3) is 7.91. The molecule has 5 heteroatoms. The molecule has 0 spiro atoms. The minimum atomic E-state index is -0.125. The maximum atomic E-state index is 10.0. The third-order valence-electron chi connectivity index (χ3n) is 6.62. The molecule has 1 N–H and O–H groups in total. The molecule has 5 aromatic rings. The van der Waals surface area contributed by atoms with Gasteiger partial charge >= 0.3 is 0 Å². The predicted octanol–water partition coefficient (Wildman–Crippen LogP) is 9.91. The van der Waals surface area contributed by atoms with Crippen molar-refractivity contribution in [1.29, 1.82) is 0 Å². The normalized spacial score (nSPS) is 11.3. The molecule has 0 aliphatic carbocycles. The Hall–Kier alpha value is -3.79. The van der Waals surface area contributed by atoms with Crippen molar-refractivity contribution in [2.45, 2.75) is 53.4 Å². The molecule has 0 fully saturated rings. The summed E-state index contributed by atoms with van der Waals surface area (Å²) in [5.74, 6) is 1.68. The van der Waals surface area contributed by atoms with E-state index in [-0.39, 0.29) is 31.6 Å². The van der Waals surface area contributed by atoms with Crippen LogP contribution in [-0.2, 0) is 24.9 Å². The number of fused-ring (bicyclic) bond motifs is 1. The Labute approximate surface area is 256 Å². The monoisotopic (exact) mass is 723 g/mol. The van der Waals surface area contributed by atoms with Gasteiger partial charge in [-0.15, -0.1) is 35.4 Å². The number of aliphatic hydroxyl groups excluding tert-OH is 1. The van der Waals surface area contributed by atoms with Crippen LogP contribution in [0.3, 0.4) is 0 Å². The Balaban J connectivity index is 0.000000516. The number of allylic oxidation sites excluding steroid dienone is 2. The topological polar surface area (TPSA) is 63.3 Å². The summed E-state index contributed by atoms with van der Waals surface area (Å²) in [7, 11) is 0. The van der Waals surface area contributed by atoms with E-state index in [0.29, 0.717) is 11.8 Å². The van der Waals surface area contributed by atoms with Gasteiger partial charge in [0.05, 0.1) is 12.0 Å². The Bertz CT molecular complexity index is 1620. The standard InChI is InChI=1S/C31H28NO.C5H8O2.Ir/c1-20(2)26-14-9-15-27(21(3)4)31(26)29-18-25-17-28(32-19-30(25)33-29)24-13-8-12-23(16-24)22-10-6-5-7-11-22;1-4(6)3-5(2)7;/h5-12,14-21H,1-4H3;3,6H,1-2H3;/q-1;;/b;4-3-;. The van der Waals surface area contributed by atoms with Gasteiger partial charge in [0.2, 0.25) is 0 Å². The van der Waals surface area contributed by atoms with Crippen molar-refractivity contribution >= 4 is 16.8 Å². The van der Waals surface area contributed by atoms with E-state index in [4.69, 9.17) is 14.5 Å². The summed E-state index contributed by atoms with van der Waals surface area (Å²) in [6.45, 7) is 11.8. The third-order valence-corrected chi connectivity index (χ3v) is 6.62. The van der Waals surface area contributed by atoms with E-state index in [2.05, 4.69) is 100 Å². The van der Waals surface area contributed by atoms with Crippen LogP contribution in [0, 0.1) is 6.07 Å². The molecule has 0 atom stereocenters. The molecule has 3 aromatic carbocycles. The van der Waals surface area contributed by atoms with E-state index >= 15 is 0 Å². The van der Waals surface area contributed by atoms with Gasteiger partial charge in [-0.25, -0.2) is 0 Å². The van der Waals surface area contributed by atoms with Crippen molar-refractivity contribution in [3.05, 3.63) is 114 Å². The molecule has 0 bridgehead atoms. The molecule has 2 heterocycles. The molecule has 4 nitrogen and oxygen atoms in total. The van der Waals surface area contributed by atoms with Crippen LogP contribution in [0.4, 0.5) is 0 Å². The van der Waals surface area contributed by atoms with Gasteiger partial charge in [-0.05, 0) is 54.1 Å². The molecule has 0 aliphatic heterocycles. The minimum Gasteiger partial charge on any atom is -0.512 e. The van der Waals surface area contributed by atoms with Crippen LogP contribution < -0.4 is 0 Å². The minimum absolute atomic E-state index is 0. The van der Waals surface area contributed by atoms with E-state index in [1.807, 2.05) is 18.3 Å². The van der Waals surface area contributed by atoms with Crippen molar-refractivity contribution in [2.24, 2.45) is 0 Å². The number of carbonyl (C=O) groups excluding carboxylic acids is 1. The van der Waals surface area contributed by atoms with Crippen molar-refractivity contribution in [2.75, 3.05) is 0 Å². The zero-order chi connectivity index (χ0) is 28.8. The molecule has 0 aliphatic rings. The SMILES string of the molecule is CC(=O)/C=C(/C)O.CC(C)c1cccc(C(C)C)c1-c1cc2cc(-c3[c-]ccc(-c4ccccc4)c3)ncc2o1.[Ir]. The van der Waals surface area contributed by atoms with Gasteiger partial charge in [0.15, 0.2) is 11.4 Å². The predicted molar refractivity (Wildman–Crippen MR) is 164 cm³/mol. The average molecular weight is 723 g/mol. The van der Waals surface area contributed by atoms with E-state index in [1.165, 1.54) is 42.2 Å². The first-order chi connectivity index (χ1) is 19.1.